The van der Waals surface area contributed by atoms with Crippen LogP contribution in [0.4, 0.5) is 0 Å². The molecule has 0 bridgehead atoms. The predicted octanol–water partition coefficient (Wildman–Crippen LogP) is 1.16. The fourth-order valence-electron chi connectivity index (χ4n) is 1.97. The molecule has 2 fully saturated rings. The van der Waals surface area contributed by atoms with E-state index in [1.807, 2.05) is 0 Å². The van der Waals surface area contributed by atoms with Crippen molar-refractivity contribution in [1.29, 1.82) is 0 Å². The summed E-state index contributed by atoms with van der Waals surface area (Å²) in [5.41, 5.74) is -0.501. The Morgan fingerprint density at radius 1 is 1.38 bits per heavy atom. The Balaban J connectivity index is 2.07. The van der Waals surface area contributed by atoms with E-state index >= 15 is 0 Å². The summed E-state index contributed by atoms with van der Waals surface area (Å²) < 4.78 is 10.7. The van der Waals surface area contributed by atoms with E-state index in [4.69, 9.17) is 9.47 Å². The van der Waals surface area contributed by atoms with E-state index in [2.05, 4.69) is 0 Å². The van der Waals surface area contributed by atoms with Crippen molar-refractivity contribution >= 4 is 5.78 Å². The largest absolute Gasteiger partial charge is 0.381 e. The standard InChI is InChI=1S/C10H16O3/c1-12-10(4-6-13-7-5-10)9(11)8-2-3-8/h8H,2-7H2,1H3. The second kappa shape index (κ2) is 3.39. The van der Waals surface area contributed by atoms with E-state index in [9.17, 15) is 4.79 Å². The van der Waals surface area contributed by atoms with E-state index in [1.165, 1.54) is 0 Å². The molecule has 0 amide bonds. The topological polar surface area (TPSA) is 35.5 Å². The van der Waals surface area contributed by atoms with Crippen LogP contribution in [-0.4, -0.2) is 31.7 Å². The van der Waals surface area contributed by atoms with Gasteiger partial charge in [-0.15, -0.1) is 0 Å². The highest BCUT2D eigenvalue weighted by atomic mass is 16.5. The lowest BCUT2D eigenvalue weighted by Gasteiger charge is -2.34. The van der Waals surface area contributed by atoms with Gasteiger partial charge < -0.3 is 9.47 Å². The molecule has 13 heavy (non-hydrogen) atoms. The lowest BCUT2D eigenvalue weighted by Crippen LogP contribution is -2.46. The molecule has 0 aromatic rings. The molecule has 2 aliphatic rings. The van der Waals surface area contributed by atoms with Gasteiger partial charge in [0, 0.05) is 39.1 Å². The van der Waals surface area contributed by atoms with Crippen LogP contribution in [0.1, 0.15) is 25.7 Å². The van der Waals surface area contributed by atoms with Crippen LogP contribution in [-0.2, 0) is 14.3 Å². The van der Waals surface area contributed by atoms with Gasteiger partial charge in [0.1, 0.15) is 5.60 Å². The first-order valence-corrected chi connectivity index (χ1v) is 4.96. The number of rotatable bonds is 3. The number of ether oxygens (including phenoxy) is 2. The van der Waals surface area contributed by atoms with Crippen molar-refractivity contribution in [3.05, 3.63) is 0 Å². The number of Topliss-reactive ketones (excluding diaryl/α,β-unsaturated/α-hetero) is 1. The molecule has 0 unspecified atom stereocenters. The Hall–Kier alpha value is -0.410. The molecule has 0 atom stereocenters. The molecule has 74 valence electrons. The maximum Gasteiger partial charge on any atom is 0.167 e. The third-order valence-electron chi connectivity index (χ3n) is 3.09. The van der Waals surface area contributed by atoms with E-state index in [1.54, 1.807) is 7.11 Å². The average molecular weight is 184 g/mol. The van der Waals surface area contributed by atoms with Crippen LogP contribution in [0.2, 0.25) is 0 Å². The minimum atomic E-state index is -0.501. The van der Waals surface area contributed by atoms with Gasteiger partial charge in [-0.05, 0) is 12.8 Å². The molecule has 1 saturated heterocycles. The van der Waals surface area contributed by atoms with Crippen molar-refractivity contribution in [2.24, 2.45) is 5.92 Å². The SMILES string of the molecule is COC1(C(=O)C2CC2)CCOCC1. The van der Waals surface area contributed by atoms with Crippen LogP contribution in [0.3, 0.4) is 0 Å². The molecule has 0 aromatic heterocycles. The zero-order valence-electron chi connectivity index (χ0n) is 8.04. The molecular formula is C10H16O3. The van der Waals surface area contributed by atoms with E-state index < -0.39 is 5.60 Å². The molecule has 2 rings (SSSR count). The number of hydrogen-bond acceptors (Lipinski definition) is 3. The monoisotopic (exact) mass is 184 g/mol. The first kappa shape index (κ1) is 9.16. The lowest BCUT2D eigenvalue weighted by molar-refractivity contribution is -0.154. The number of carbonyl (C=O) groups excluding carboxylic acids is 1. The maximum atomic E-state index is 11.9. The van der Waals surface area contributed by atoms with Crippen molar-refractivity contribution in [3.8, 4) is 0 Å². The van der Waals surface area contributed by atoms with Crippen LogP contribution in [0.5, 0.6) is 0 Å². The highest BCUT2D eigenvalue weighted by Gasteiger charge is 2.46. The highest BCUT2D eigenvalue weighted by molar-refractivity contribution is 5.91. The van der Waals surface area contributed by atoms with Gasteiger partial charge in [0.2, 0.25) is 0 Å². The smallest absolute Gasteiger partial charge is 0.167 e. The minimum absolute atomic E-state index is 0.290. The van der Waals surface area contributed by atoms with Crippen molar-refractivity contribution in [3.63, 3.8) is 0 Å². The second-order valence-corrected chi connectivity index (χ2v) is 3.95. The summed E-state index contributed by atoms with van der Waals surface area (Å²) in [6.07, 6.45) is 3.59. The molecule has 1 saturated carbocycles. The number of methoxy groups -OCH3 is 1. The number of carbonyl (C=O) groups is 1. The average Bonchev–Trinajstić information content (AvgIpc) is 3.01. The van der Waals surface area contributed by atoms with E-state index in [-0.39, 0.29) is 5.92 Å². The fourth-order valence-corrected chi connectivity index (χ4v) is 1.97. The van der Waals surface area contributed by atoms with Crippen molar-refractivity contribution in [2.75, 3.05) is 20.3 Å². The molecular weight excluding hydrogens is 168 g/mol. The summed E-state index contributed by atoms with van der Waals surface area (Å²) >= 11 is 0. The highest BCUT2D eigenvalue weighted by Crippen LogP contribution is 2.38. The Kier molecular flexibility index (Phi) is 2.39. The Bertz CT molecular complexity index is 202. The van der Waals surface area contributed by atoms with Gasteiger partial charge >= 0.3 is 0 Å². The molecule has 0 spiro atoms. The Morgan fingerprint density at radius 2 is 2.00 bits per heavy atom. The molecule has 0 aromatic carbocycles. The van der Waals surface area contributed by atoms with Gasteiger partial charge in [-0.25, -0.2) is 0 Å². The summed E-state index contributed by atoms with van der Waals surface area (Å²) in [6, 6.07) is 0. The molecule has 1 aliphatic heterocycles. The van der Waals surface area contributed by atoms with Gasteiger partial charge in [-0.2, -0.15) is 0 Å². The van der Waals surface area contributed by atoms with Crippen LogP contribution in [0.25, 0.3) is 0 Å². The molecule has 3 heteroatoms. The van der Waals surface area contributed by atoms with Crippen molar-refractivity contribution in [1.82, 2.24) is 0 Å². The van der Waals surface area contributed by atoms with Crippen LogP contribution >= 0.6 is 0 Å². The summed E-state index contributed by atoms with van der Waals surface area (Å²) in [7, 11) is 1.64. The third-order valence-corrected chi connectivity index (χ3v) is 3.09. The molecule has 1 heterocycles. The van der Waals surface area contributed by atoms with Crippen molar-refractivity contribution < 1.29 is 14.3 Å². The van der Waals surface area contributed by atoms with Gasteiger partial charge in [0.25, 0.3) is 0 Å². The number of ketones is 1. The van der Waals surface area contributed by atoms with Crippen LogP contribution in [0.15, 0.2) is 0 Å². The fraction of sp³-hybridized carbons (Fsp3) is 0.900. The molecule has 1 aliphatic carbocycles. The molecule has 3 nitrogen and oxygen atoms in total. The molecule has 0 radical (unpaired) electrons. The summed E-state index contributed by atoms with van der Waals surface area (Å²) in [6.45, 7) is 1.32. The van der Waals surface area contributed by atoms with Gasteiger partial charge in [0.05, 0.1) is 0 Å². The van der Waals surface area contributed by atoms with Crippen molar-refractivity contribution in [2.45, 2.75) is 31.3 Å². The molecule has 0 N–H and O–H groups in total. The number of hydrogen-bond donors (Lipinski definition) is 0. The van der Waals surface area contributed by atoms with E-state index in [0.29, 0.717) is 19.0 Å². The van der Waals surface area contributed by atoms with Gasteiger partial charge in [0.15, 0.2) is 5.78 Å². The third kappa shape index (κ3) is 1.63. The Labute approximate surface area is 78.4 Å². The van der Waals surface area contributed by atoms with Gasteiger partial charge in [-0.3, -0.25) is 4.79 Å². The quantitative estimate of drug-likeness (QED) is 0.660. The maximum absolute atomic E-state index is 11.9. The second-order valence-electron chi connectivity index (χ2n) is 3.95. The van der Waals surface area contributed by atoms with Crippen LogP contribution < -0.4 is 0 Å². The normalized spacial score (nSPS) is 27.2. The van der Waals surface area contributed by atoms with E-state index in [0.717, 1.165) is 25.7 Å². The predicted molar refractivity (Wildman–Crippen MR) is 47.5 cm³/mol. The Morgan fingerprint density at radius 3 is 2.46 bits per heavy atom. The van der Waals surface area contributed by atoms with Gasteiger partial charge in [-0.1, -0.05) is 0 Å². The zero-order chi connectivity index (χ0) is 9.31. The summed E-state index contributed by atoms with van der Waals surface area (Å²) in [5.74, 6) is 0.608. The summed E-state index contributed by atoms with van der Waals surface area (Å²) in [4.78, 5) is 11.9. The lowest BCUT2D eigenvalue weighted by atomic mass is 9.87. The first-order valence-electron chi connectivity index (χ1n) is 4.96. The van der Waals surface area contributed by atoms with Crippen LogP contribution in [0, 0.1) is 5.92 Å². The summed E-state index contributed by atoms with van der Waals surface area (Å²) in [5, 5.41) is 0. The minimum Gasteiger partial charge on any atom is -0.381 e. The first-order chi connectivity index (χ1) is 6.28. The zero-order valence-corrected chi connectivity index (χ0v) is 8.04.